The second-order valence-corrected chi connectivity index (χ2v) is 2.89. The third kappa shape index (κ3) is 2.44. The summed E-state index contributed by atoms with van der Waals surface area (Å²) in [5, 5.41) is 1.09. The van der Waals surface area contributed by atoms with Crippen molar-refractivity contribution in [3.8, 4) is 5.75 Å². The van der Waals surface area contributed by atoms with Crippen molar-refractivity contribution in [3.63, 3.8) is 0 Å². The van der Waals surface area contributed by atoms with Gasteiger partial charge in [-0.05, 0) is 12.1 Å². The molecule has 1 aromatic rings. The van der Waals surface area contributed by atoms with Crippen LogP contribution in [0.1, 0.15) is 0 Å². The first-order chi connectivity index (χ1) is 5.24. The van der Waals surface area contributed by atoms with E-state index in [9.17, 15) is 0 Å². The summed E-state index contributed by atoms with van der Waals surface area (Å²) in [6, 6.07) is 5.03. The van der Waals surface area contributed by atoms with Crippen molar-refractivity contribution in [1.29, 1.82) is 0 Å². The maximum absolute atomic E-state index is 5.73. The van der Waals surface area contributed by atoms with Crippen LogP contribution in [0.5, 0.6) is 5.75 Å². The van der Waals surface area contributed by atoms with Gasteiger partial charge >= 0.3 is 0 Å². The van der Waals surface area contributed by atoms with Crippen LogP contribution in [0.3, 0.4) is 0 Å². The highest BCUT2D eigenvalue weighted by molar-refractivity contribution is 6.34. The molecule has 4 heteroatoms. The Morgan fingerprint density at radius 1 is 1.27 bits per heavy atom. The van der Waals surface area contributed by atoms with Crippen LogP contribution in [-0.4, -0.2) is 6.07 Å². The molecule has 60 valence electrons. The Balaban J connectivity index is 2.93. The van der Waals surface area contributed by atoms with E-state index < -0.39 is 0 Å². The van der Waals surface area contributed by atoms with Crippen LogP contribution >= 0.6 is 34.8 Å². The van der Waals surface area contributed by atoms with E-state index in [-0.39, 0.29) is 6.07 Å². The Morgan fingerprint density at radius 2 is 2.00 bits per heavy atom. The van der Waals surface area contributed by atoms with E-state index in [0.717, 1.165) is 0 Å². The van der Waals surface area contributed by atoms with Crippen molar-refractivity contribution in [3.05, 3.63) is 28.2 Å². The minimum absolute atomic E-state index is 0.0695. The molecule has 0 aliphatic heterocycles. The SMILES string of the molecule is ClCOc1cc(Cl)ccc1Cl. The molecule has 0 saturated heterocycles. The fraction of sp³-hybridized carbons (Fsp3) is 0.143. The number of rotatable bonds is 2. The highest BCUT2D eigenvalue weighted by Crippen LogP contribution is 2.27. The normalized spacial score (nSPS) is 9.73. The lowest BCUT2D eigenvalue weighted by atomic mass is 10.3. The Labute approximate surface area is 79.8 Å². The van der Waals surface area contributed by atoms with Crippen molar-refractivity contribution in [1.82, 2.24) is 0 Å². The molecule has 0 radical (unpaired) electrons. The molecular formula is C7H5Cl3O. The number of ether oxygens (including phenoxy) is 1. The van der Waals surface area contributed by atoms with Crippen molar-refractivity contribution in [2.75, 3.05) is 6.07 Å². The van der Waals surface area contributed by atoms with E-state index in [1.165, 1.54) is 0 Å². The topological polar surface area (TPSA) is 9.23 Å². The summed E-state index contributed by atoms with van der Waals surface area (Å²) in [4.78, 5) is 0. The van der Waals surface area contributed by atoms with Crippen LogP contribution in [0.25, 0.3) is 0 Å². The van der Waals surface area contributed by atoms with Gasteiger partial charge in [0, 0.05) is 11.1 Å². The van der Waals surface area contributed by atoms with Crippen LogP contribution in [0.15, 0.2) is 18.2 Å². The van der Waals surface area contributed by atoms with Gasteiger partial charge in [-0.25, -0.2) is 0 Å². The molecular weight excluding hydrogens is 206 g/mol. The third-order valence-electron chi connectivity index (χ3n) is 1.10. The number of alkyl halides is 1. The quantitative estimate of drug-likeness (QED) is 0.680. The van der Waals surface area contributed by atoms with E-state index in [4.69, 9.17) is 39.5 Å². The molecule has 1 aromatic carbocycles. The zero-order chi connectivity index (χ0) is 8.27. The molecule has 0 aliphatic rings. The van der Waals surface area contributed by atoms with Crippen molar-refractivity contribution < 1.29 is 4.74 Å². The number of hydrogen-bond donors (Lipinski definition) is 0. The van der Waals surface area contributed by atoms with Gasteiger partial charge < -0.3 is 4.74 Å². The number of hydrogen-bond acceptors (Lipinski definition) is 1. The lowest BCUT2D eigenvalue weighted by Gasteiger charge is -2.03. The first-order valence-electron chi connectivity index (χ1n) is 2.88. The van der Waals surface area contributed by atoms with E-state index in [2.05, 4.69) is 0 Å². The van der Waals surface area contributed by atoms with Crippen molar-refractivity contribution in [2.24, 2.45) is 0 Å². The minimum atomic E-state index is 0.0695. The predicted molar refractivity (Wildman–Crippen MR) is 47.8 cm³/mol. The molecule has 0 atom stereocenters. The van der Waals surface area contributed by atoms with E-state index in [1.54, 1.807) is 18.2 Å². The average Bonchev–Trinajstić information content (AvgIpc) is 1.98. The molecule has 0 amide bonds. The van der Waals surface area contributed by atoms with Gasteiger partial charge in [0.1, 0.15) is 5.75 Å². The lowest BCUT2D eigenvalue weighted by molar-refractivity contribution is 0.388. The van der Waals surface area contributed by atoms with Crippen LogP contribution < -0.4 is 4.74 Å². The zero-order valence-electron chi connectivity index (χ0n) is 5.48. The van der Waals surface area contributed by atoms with Gasteiger partial charge in [-0.1, -0.05) is 34.8 Å². The molecule has 0 bridgehead atoms. The van der Waals surface area contributed by atoms with Crippen LogP contribution in [0.4, 0.5) is 0 Å². The summed E-state index contributed by atoms with van der Waals surface area (Å²) in [6.07, 6.45) is 0. The van der Waals surface area contributed by atoms with Gasteiger partial charge in [0.05, 0.1) is 5.02 Å². The molecule has 11 heavy (non-hydrogen) atoms. The maximum atomic E-state index is 5.73. The molecule has 1 rings (SSSR count). The first-order valence-corrected chi connectivity index (χ1v) is 4.17. The van der Waals surface area contributed by atoms with Gasteiger partial charge in [-0.15, -0.1) is 0 Å². The molecule has 1 nitrogen and oxygen atoms in total. The molecule has 0 fully saturated rings. The Hall–Kier alpha value is -0.110. The standard InChI is InChI=1S/C7H5Cl3O/c8-4-11-7-3-5(9)1-2-6(7)10/h1-3H,4H2. The van der Waals surface area contributed by atoms with Crippen LogP contribution in [0.2, 0.25) is 10.0 Å². The third-order valence-corrected chi connectivity index (χ3v) is 1.76. The summed E-state index contributed by atoms with van der Waals surface area (Å²) in [6.45, 7) is 0. The largest absolute Gasteiger partial charge is 0.476 e. The summed E-state index contributed by atoms with van der Waals surface area (Å²) in [5.41, 5.74) is 0. The molecule has 0 saturated carbocycles. The van der Waals surface area contributed by atoms with Crippen LogP contribution in [0, 0.1) is 0 Å². The van der Waals surface area contributed by atoms with Gasteiger partial charge in [0.2, 0.25) is 0 Å². The molecule has 0 aliphatic carbocycles. The second-order valence-electron chi connectivity index (χ2n) is 1.83. The van der Waals surface area contributed by atoms with E-state index in [1.807, 2.05) is 0 Å². The Bertz CT molecular complexity index is 249. The fourth-order valence-electron chi connectivity index (χ4n) is 0.647. The summed E-state index contributed by atoms with van der Waals surface area (Å²) >= 11 is 16.7. The van der Waals surface area contributed by atoms with Crippen molar-refractivity contribution >= 4 is 34.8 Å². The smallest absolute Gasteiger partial charge is 0.162 e. The van der Waals surface area contributed by atoms with Crippen LogP contribution in [-0.2, 0) is 0 Å². The molecule has 0 spiro atoms. The van der Waals surface area contributed by atoms with E-state index >= 15 is 0 Å². The number of halogens is 3. The molecule has 0 N–H and O–H groups in total. The summed E-state index contributed by atoms with van der Waals surface area (Å²) in [7, 11) is 0. The predicted octanol–water partition coefficient (Wildman–Crippen LogP) is 3.57. The first kappa shape index (κ1) is 8.98. The van der Waals surface area contributed by atoms with E-state index in [0.29, 0.717) is 15.8 Å². The Morgan fingerprint density at radius 3 is 2.64 bits per heavy atom. The summed E-state index contributed by atoms with van der Waals surface area (Å²) < 4.78 is 4.97. The highest BCUT2D eigenvalue weighted by atomic mass is 35.5. The molecule has 0 unspecified atom stereocenters. The zero-order valence-corrected chi connectivity index (χ0v) is 7.75. The lowest BCUT2D eigenvalue weighted by Crippen LogP contribution is -1.89. The van der Waals surface area contributed by atoms with Gasteiger partial charge in [-0.2, -0.15) is 0 Å². The fourth-order valence-corrected chi connectivity index (χ4v) is 1.10. The summed E-state index contributed by atoms with van der Waals surface area (Å²) in [5.74, 6) is 0.508. The average molecular weight is 211 g/mol. The highest BCUT2D eigenvalue weighted by Gasteiger charge is 2.00. The second kappa shape index (κ2) is 4.05. The molecule has 0 heterocycles. The van der Waals surface area contributed by atoms with Gasteiger partial charge in [0.15, 0.2) is 6.07 Å². The monoisotopic (exact) mass is 210 g/mol. The molecule has 0 aromatic heterocycles. The number of benzene rings is 1. The van der Waals surface area contributed by atoms with Gasteiger partial charge in [0.25, 0.3) is 0 Å². The Kier molecular flexibility index (Phi) is 3.31. The minimum Gasteiger partial charge on any atom is -0.476 e. The van der Waals surface area contributed by atoms with Gasteiger partial charge in [-0.3, -0.25) is 0 Å². The maximum Gasteiger partial charge on any atom is 0.162 e. The van der Waals surface area contributed by atoms with Crippen molar-refractivity contribution in [2.45, 2.75) is 0 Å².